The minimum atomic E-state index is -0.678. The van der Waals surface area contributed by atoms with Crippen LogP contribution in [-0.4, -0.2) is 23.7 Å². The Bertz CT molecular complexity index is 655. The van der Waals surface area contributed by atoms with Gasteiger partial charge in [0, 0.05) is 0 Å². The van der Waals surface area contributed by atoms with Crippen LogP contribution in [0.4, 0.5) is 9.80 Å². The highest BCUT2D eigenvalue weighted by molar-refractivity contribution is 7.16. The van der Waals surface area contributed by atoms with Gasteiger partial charge in [0.15, 0.2) is 5.69 Å². The minimum Gasteiger partial charge on any atom is -0.461 e. The molecule has 0 radical (unpaired) electrons. The summed E-state index contributed by atoms with van der Waals surface area (Å²) in [6.45, 7) is 3.87. The summed E-state index contributed by atoms with van der Waals surface area (Å²) in [6, 6.07) is 8.66. The first-order chi connectivity index (χ1) is 10.6. The summed E-state index contributed by atoms with van der Waals surface area (Å²) in [6.07, 6.45) is -0.0185. The van der Waals surface area contributed by atoms with Crippen LogP contribution >= 0.6 is 11.3 Å². The monoisotopic (exact) mass is 320 g/mol. The average Bonchev–Trinajstić information content (AvgIpc) is 2.91. The van der Waals surface area contributed by atoms with Crippen LogP contribution in [-0.2, 0) is 11.2 Å². The average molecular weight is 320 g/mol. The van der Waals surface area contributed by atoms with E-state index in [1.807, 2.05) is 13.0 Å². The van der Waals surface area contributed by atoms with Gasteiger partial charge in [0.05, 0.1) is 11.6 Å². The quantitative estimate of drug-likeness (QED) is 0.853. The standard InChI is InChI=1S/C15H16N2O4S/c1-3-11-16-12(14(18)20-4-2)13(22-11)17-15(19)21-10-8-6-5-7-9-10/h5-9H,3-4H2,1-2H3,(H,17,19). The number of para-hydroxylation sites is 1. The van der Waals surface area contributed by atoms with E-state index in [4.69, 9.17) is 9.47 Å². The van der Waals surface area contributed by atoms with Crippen molar-refractivity contribution in [3.63, 3.8) is 0 Å². The maximum absolute atomic E-state index is 11.9. The smallest absolute Gasteiger partial charge is 0.417 e. The van der Waals surface area contributed by atoms with Gasteiger partial charge < -0.3 is 9.47 Å². The lowest BCUT2D eigenvalue weighted by Crippen LogP contribution is -2.18. The van der Waals surface area contributed by atoms with Gasteiger partial charge in [-0.3, -0.25) is 5.32 Å². The van der Waals surface area contributed by atoms with E-state index in [1.165, 1.54) is 11.3 Å². The Balaban J connectivity index is 2.12. The van der Waals surface area contributed by atoms with Crippen molar-refractivity contribution in [1.29, 1.82) is 0 Å². The largest absolute Gasteiger partial charge is 0.461 e. The molecule has 6 nitrogen and oxygen atoms in total. The lowest BCUT2D eigenvalue weighted by atomic mass is 10.3. The molecule has 0 spiro atoms. The summed E-state index contributed by atoms with van der Waals surface area (Å²) in [5, 5.41) is 3.61. The zero-order valence-electron chi connectivity index (χ0n) is 12.3. The third-order valence-corrected chi connectivity index (χ3v) is 3.73. The van der Waals surface area contributed by atoms with Crippen molar-refractivity contribution in [1.82, 2.24) is 4.98 Å². The van der Waals surface area contributed by atoms with Crippen molar-refractivity contribution < 1.29 is 19.1 Å². The van der Waals surface area contributed by atoms with Gasteiger partial charge in [-0.1, -0.05) is 25.1 Å². The summed E-state index contributed by atoms with van der Waals surface area (Å²) in [4.78, 5) is 28.0. The molecule has 116 valence electrons. The molecule has 0 fully saturated rings. The number of esters is 1. The van der Waals surface area contributed by atoms with Crippen LogP contribution in [0.1, 0.15) is 29.3 Å². The van der Waals surface area contributed by atoms with Gasteiger partial charge in [0.2, 0.25) is 0 Å². The molecule has 1 N–H and O–H groups in total. The number of hydrogen-bond acceptors (Lipinski definition) is 6. The number of amides is 1. The Morgan fingerprint density at radius 3 is 2.59 bits per heavy atom. The second-order valence-corrected chi connectivity index (χ2v) is 5.27. The number of carbonyl (C=O) groups excluding carboxylic acids is 2. The number of aryl methyl sites for hydroxylation is 1. The number of anilines is 1. The van der Waals surface area contributed by atoms with Crippen LogP contribution in [0.3, 0.4) is 0 Å². The van der Waals surface area contributed by atoms with E-state index in [0.29, 0.717) is 17.2 Å². The van der Waals surface area contributed by atoms with E-state index < -0.39 is 12.1 Å². The van der Waals surface area contributed by atoms with Crippen molar-refractivity contribution >= 4 is 28.4 Å². The summed E-state index contributed by atoms with van der Waals surface area (Å²) < 4.78 is 10.1. The summed E-state index contributed by atoms with van der Waals surface area (Å²) in [7, 11) is 0. The van der Waals surface area contributed by atoms with Crippen LogP contribution in [0.15, 0.2) is 30.3 Å². The minimum absolute atomic E-state index is 0.105. The number of aromatic nitrogens is 1. The van der Waals surface area contributed by atoms with Gasteiger partial charge in [-0.15, -0.1) is 11.3 Å². The van der Waals surface area contributed by atoms with Crippen LogP contribution in [0.25, 0.3) is 0 Å². The number of benzene rings is 1. The lowest BCUT2D eigenvalue weighted by molar-refractivity contribution is 0.0521. The van der Waals surface area contributed by atoms with E-state index in [2.05, 4.69) is 10.3 Å². The highest BCUT2D eigenvalue weighted by Crippen LogP contribution is 2.26. The molecule has 0 aliphatic rings. The van der Waals surface area contributed by atoms with Gasteiger partial charge in [-0.25, -0.2) is 14.6 Å². The maximum Gasteiger partial charge on any atom is 0.417 e. The zero-order valence-corrected chi connectivity index (χ0v) is 13.1. The molecule has 22 heavy (non-hydrogen) atoms. The molecule has 2 aromatic rings. The van der Waals surface area contributed by atoms with E-state index in [-0.39, 0.29) is 12.3 Å². The molecule has 0 saturated carbocycles. The van der Waals surface area contributed by atoms with Crippen molar-refractivity contribution in [2.45, 2.75) is 20.3 Å². The normalized spacial score (nSPS) is 10.1. The van der Waals surface area contributed by atoms with Crippen LogP contribution in [0.2, 0.25) is 0 Å². The van der Waals surface area contributed by atoms with E-state index >= 15 is 0 Å². The number of ether oxygens (including phenoxy) is 2. The molecule has 0 aliphatic carbocycles. The van der Waals surface area contributed by atoms with E-state index in [1.54, 1.807) is 31.2 Å². The second kappa shape index (κ2) is 7.56. The Morgan fingerprint density at radius 2 is 1.95 bits per heavy atom. The molecular formula is C15H16N2O4S. The third kappa shape index (κ3) is 4.05. The topological polar surface area (TPSA) is 77.5 Å². The number of thiazole rings is 1. The van der Waals surface area contributed by atoms with Crippen molar-refractivity contribution in [3.05, 3.63) is 41.0 Å². The summed E-state index contributed by atoms with van der Waals surface area (Å²) in [5.41, 5.74) is 0.105. The highest BCUT2D eigenvalue weighted by Gasteiger charge is 2.21. The van der Waals surface area contributed by atoms with Gasteiger partial charge in [0.1, 0.15) is 10.8 Å². The molecule has 0 aliphatic heterocycles. The summed E-state index contributed by atoms with van der Waals surface area (Å²) >= 11 is 1.23. The van der Waals surface area contributed by atoms with Crippen LogP contribution in [0.5, 0.6) is 5.75 Å². The fourth-order valence-corrected chi connectivity index (χ4v) is 2.53. The van der Waals surface area contributed by atoms with Gasteiger partial charge in [-0.05, 0) is 25.5 Å². The lowest BCUT2D eigenvalue weighted by Gasteiger charge is -2.06. The Kier molecular flexibility index (Phi) is 5.48. The Labute approximate surface area is 132 Å². The van der Waals surface area contributed by atoms with Gasteiger partial charge >= 0.3 is 12.1 Å². The number of hydrogen-bond donors (Lipinski definition) is 1. The molecular weight excluding hydrogens is 304 g/mol. The number of carbonyl (C=O) groups is 2. The molecule has 1 heterocycles. The van der Waals surface area contributed by atoms with Crippen LogP contribution in [0, 0.1) is 0 Å². The molecule has 1 aromatic heterocycles. The number of nitrogens with zero attached hydrogens (tertiary/aromatic N) is 1. The fraction of sp³-hybridized carbons (Fsp3) is 0.267. The molecule has 0 saturated heterocycles. The predicted molar refractivity (Wildman–Crippen MR) is 83.5 cm³/mol. The Hall–Kier alpha value is -2.41. The zero-order chi connectivity index (χ0) is 15.9. The molecule has 0 bridgehead atoms. The molecule has 1 amide bonds. The molecule has 1 aromatic carbocycles. The highest BCUT2D eigenvalue weighted by atomic mass is 32.1. The van der Waals surface area contributed by atoms with Crippen molar-refractivity contribution in [3.8, 4) is 5.75 Å². The summed E-state index contributed by atoms with van der Waals surface area (Å²) in [5.74, 6) is -0.147. The van der Waals surface area contributed by atoms with Gasteiger partial charge in [-0.2, -0.15) is 0 Å². The van der Waals surface area contributed by atoms with Crippen LogP contribution < -0.4 is 10.1 Å². The molecule has 0 atom stereocenters. The maximum atomic E-state index is 11.9. The van der Waals surface area contributed by atoms with Crippen molar-refractivity contribution in [2.75, 3.05) is 11.9 Å². The SMILES string of the molecule is CCOC(=O)c1nc(CC)sc1NC(=O)Oc1ccccc1. The second-order valence-electron chi connectivity index (χ2n) is 4.19. The number of rotatable bonds is 5. The first-order valence-corrected chi connectivity index (χ1v) is 7.66. The third-order valence-electron chi connectivity index (χ3n) is 2.61. The molecule has 0 unspecified atom stereocenters. The van der Waals surface area contributed by atoms with E-state index in [9.17, 15) is 9.59 Å². The number of nitrogens with one attached hydrogen (secondary N) is 1. The van der Waals surface area contributed by atoms with Gasteiger partial charge in [0.25, 0.3) is 0 Å². The first kappa shape index (κ1) is 16.0. The molecule has 7 heteroatoms. The Morgan fingerprint density at radius 1 is 1.23 bits per heavy atom. The first-order valence-electron chi connectivity index (χ1n) is 6.84. The van der Waals surface area contributed by atoms with Crippen molar-refractivity contribution in [2.24, 2.45) is 0 Å². The van der Waals surface area contributed by atoms with E-state index in [0.717, 1.165) is 5.01 Å². The molecule has 2 rings (SSSR count). The fourth-order valence-electron chi connectivity index (χ4n) is 1.65. The predicted octanol–water partition coefficient (Wildman–Crippen LogP) is 3.49.